The number of esters is 2. The number of rotatable bonds is 7. The van der Waals surface area contributed by atoms with Crippen LogP contribution in [-0.2, 0) is 14.2 Å². The van der Waals surface area contributed by atoms with Crippen molar-refractivity contribution in [3.05, 3.63) is 87.5 Å². The van der Waals surface area contributed by atoms with Crippen LogP contribution in [0.3, 0.4) is 0 Å². The maximum atomic E-state index is 16.2. The molecule has 4 N–H and O–H groups in total. The summed E-state index contributed by atoms with van der Waals surface area (Å²) in [5.74, 6) is -1.88. The summed E-state index contributed by atoms with van der Waals surface area (Å²) in [6.45, 7) is 2.14. The lowest BCUT2D eigenvalue weighted by molar-refractivity contribution is -0.151. The molecule has 0 bridgehead atoms. The molecule has 13 heteroatoms. The van der Waals surface area contributed by atoms with Gasteiger partial charge in [0.15, 0.2) is 35.3 Å². The zero-order valence-electron chi connectivity index (χ0n) is 21.5. The van der Waals surface area contributed by atoms with Crippen LogP contribution in [0.5, 0.6) is 0 Å². The van der Waals surface area contributed by atoms with E-state index in [4.69, 9.17) is 19.9 Å². The van der Waals surface area contributed by atoms with Gasteiger partial charge in [-0.05, 0) is 38.1 Å². The van der Waals surface area contributed by atoms with Gasteiger partial charge in [-0.25, -0.2) is 19.0 Å². The fourth-order valence-corrected chi connectivity index (χ4v) is 4.45. The highest BCUT2D eigenvalue weighted by Gasteiger charge is 2.60. The monoisotopic (exact) mass is 551 g/mol. The van der Waals surface area contributed by atoms with Gasteiger partial charge in [0.1, 0.15) is 6.61 Å². The molecule has 40 heavy (non-hydrogen) atoms. The van der Waals surface area contributed by atoms with E-state index in [9.17, 15) is 19.5 Å². The summed E-state index contributed by atoms with van der Waals surface area (Å²) >= 11 is 0. The van der Waals surface area contributed by atoms with E-state index in [1.165, 1.54) is 12.1 Å². The Morgan fingerprint density at radius 2 is 1.70 bits per heavy atom. The summed E-state index contributed by atoms with van der Waals surface area (Å²) in [5.41, 5.74) is 4.94. The lowest BCUT2D eigenvalue weighted by atomic mass is 9.97. The van der Waals surface area contributed by atoms with E-state index >= 15 is 4.39 Å². The summed E-state index contributed by atoms with van der Waals surface area (Å²) < 4.78 is 34.3. The minimum Gasteiger partial charge on any atom is -0.459 e. The molecule has 0 amide bonds. The number of aliphatic hydroxyl groups excluding tert-OH is 1. The van der Waals surface area contributed by atoms with Crippen molar-refractivity contribution in [2.24, 2.45) is 0 Å². The number of alkyl halides is 1. The van der Waals surface area contributed by atoms with E-state index in [1.54, 1.807) is 36.4 Å². The first-order chi connectivity index (χ1) is 19.1. The van der Waals surface area contributed by atoms with Gasteiger partial charge in [0.05, 0.1) is 24.1 Å². The number of aliphatic hydroxyl groups is 1. The molecule has 0 spiro atoms. The lowest BCUT2D eigenvalue weighted by Gasteiger charge is -2.31. The maximum Gasteiger partial charge on any atom is 0.338 e. The topological polar surface area (TPSA) is 172 Å². The number of carbonyl (C=O) groups is 2. The van der Waals surface area contributed by atoms with Gasteiger partial charge in [-0.2, -0.15) is 4.98 Å². The Balaban J connectivity index is 1.50. The number of anilines is 1. The smallest absolute Gasteiger partial charge is 0.338 e. The normalized spacial score (nSPS) is 22.4. The third-order valence-corrected chi connectivity index (χ3v) is 6.68. The molecule has 1 fully saturated rings. The average Bonchev–Trinajstić information content (AvgIpc) is 3.47. The standard InChI is InChI=1S/C27H26FN5O7/c1-14-3-7-16(8-4-14)24(36)38-12-27(11-34)20(39-25(37)17-9-5-15(2)6-10-17)18(28)23(40-27)33-13-30-19-21(33)31-26(29)32-22(19)35/h3-10,13,18,20,23,34H,11-12H2,1-2H3,(H3,29,31,32,35)/t18-,20-,23+,27+/m0/s1. The van der Waals surface area contributed by atoms with Crippen LogP contribution < -0.4 is 11.3 Å². The molecular formula is C27H26FN5O7. The molecule has 5 rings (SSSR count). The minimum absolute atomic E-state index is 0.0945. The molecular weight excluding hydrogens is 525 g/mol. The fraction of sp³-hybridized carbons (Fsp3) is 0.296. The van der Waals surface area contributed by atoms with Crippen molar-refractivity contribution in [3.8, 4) is 0 Å². The molecule has 208 valence electrons. The van der Waals surface area contributed by atoms with E-state index in [2.05, 4.69) is 15.0 Å². The van der Waals surface area contributed by atoms with Crippen molar-refractivity contribution in [2.45, 2.75) is 38.0 Å². The number of carbonyl (C=O) groups excluding carboxylic acids is 2. The van der Waals surface area contributed by atoms with E-state index in [1.807, 2.05) is 13.8 Å². The number of hydrogen-bond acceptors (Lipinski definition) is 10. The predicted molar refractivity (Wildman–Crippen MR) is 139 cm³/mol. The van der Waals surface area contributed by atoms with Crippen LogP contribution in [0.4, 0.5) is 10.3 Å². The molecule has 3 heterocycles. The number of ether oxygens (including phenoxy) is 3. The Bertz CT molecular complexity index is 1620. The summed E-state index contributed by atoms with van der Waals surface area (Å²) in [7, 11) is 0. The van der Waals surface area contributed by atoms with Crippen molar-refractivity contribution in [1.82, 2.24) is 19.5 Å². The number of benzene rings is 2. The molecule has 1 saturated heterocycles. The van der Waals surface area contributed by atoms with E-state index in [0.717, 1.165) is 22.0 Å². The Hall–Kier alpha value is -4.62. The molecule has 0 saturated carbocycles. The molecule has 0 aliphatic carbocycles. The van der Waals surface area contributed by atoms with Crippen LogP contribution in [0.25, 0.3) is 11.2 Å². The summed E-state index contributed by atoms with van der Waals surface area (Å²) in [6.07, 6.45) is -4.31. The van der Waals surface area contributed by atoms with Gasteiger partial charge in [0.2, 0.25) is 5.95 Å². The molecule has 2 aromatic heterocycles. The van der Waals surface area contributed by atoms with Gasteiger partial charge in [-0.15, -0.1) is 0 Å². The second-order valence-electron chi connectivity index (χ2n) is 9.59. The zero-order chi connectivity index (χ0) is 28.6. The predicted octanol–water partition coefficient (Wildman–Crippen LogP) is 2.00. The van der Waals surface area contributed by atoms with Crippen LogP contribution in [0.15, 0.2) is 59.7 Å². The first kappa shape index (κ1) is 27.0. The molecule has 4 aromatic rings. The van der Waals surface area contributed by atoms with Crippen LogP contribution in [0.1, 0.15) is 38.1 Å². The number of aromatic amines is 1. The van der Waals surface area contributed by atoms with Crippen molar-refractivity contribution >= 4 is 29.1 Å². The van der Waals surface area contributed by atoms with Crippen molar-refractivity contribution in [3.63, 3.8) is 0 Å². The van der Waals surface area contributed by atoms with Crippen molar-refractivity contribution in [2.75, 3.05) is 18.9 Å². The van der Waals surface area contributed by atoms with E-state index < -0.39 is 54.8 Å². The maximum absolute atomic E-state index is 16.2. The van der Waals surface area contributed by atoms with E-state index in [0.29, 0.717) is 0 Å². The van der Waals surface area contributed by atoms with Crippen molar-refractivity contribution in [1.29, 1.82) is 0 Å². The number of nitrogens with two attached hydrogens (primary N) is 1. The number of fused-ring (bicyclic) bond motifs is 1. The van der Waals surface area contributed by atoms with Crippen LogP contribution in [-0.4, -0.2) is 67.7 Å². The van der Waals surface area contributed by atoms with Gasteiger partial charge in [-0.1, -0.05) is 35.4 Å². The quantitative estimate of drug-likeness (QED) is 0.289. The number of nitrogen functional groups attached to an aromatic ring is 1. The Morgan fingerprint density at radius 1 is 1.10 bits per heavy atom. The second-order valence-corrected chi connectivity index (χ2v) is 9.59. The fourth-order valence-electron chi connectivity index (χ4n) is 4.45. The minimum atomic E-state index is -2.11. The van der Waals surface area contributed by atoms with Crippen LogP contribution in [0, 0.1) is 13.8 Å². The summed E-state index contributed by atoms with van der Waals surface area (Å²) in [4.78, 5) is 48.3. The van der Waals surface area contributed by atoms with Gasteiger partial charge < -0.3 is 25.1 Å². The van der Waals surface area contributed by atoms with E-state index in [-0.39, 0.29) is 28.2 Å². The number of aryl methyl sites for hydroxylation is 2. The molecule has 4 atom stereocenters. The third kappa shape index (κ3) is 4.92. The molecule has 1 aliphatic heterocycles. The van der Waals surface area contributed by atoms with Gasteiger partial charge in [-0.3, -0.25) is 14.3 Å². The second kappa shape index (κ2) is 10.5. The van der Waals surface area contributed by atoms with Gasteiger partial charge >= 0.3 is 11.9 Å². The summed E-state index contributed by atoms with van der Waals surface area (Å²) in [6, 6.07) is 12.9. The first-order valence-corrected chi connectivity index (χ1v) is 12.3. The molecule has 1 aliphatic rings. The number of H-pyrrole nitrogens is 1. The number of imidazole rings is 1. The Morgan fingerprint density at radius 3 is 2.30 bits per heavy atom. The first-order valence-electron chi connectivity index (χ1n) is 12.3. The number of hydrogen-bond donors (Lipinski definition) is 3. The summed E-state index contributed by atoms with van der Waals surface area (Å²) in [5, 5.41) is 10.5. The highest BCUT2D eigenvalue weighted by atomic mass is 19.1. The Kier molecular flexibility index (Phi) is 7.08. The molecule has 0 unspecified atom stereocenters. The van der Waals surface area contributed by atoms with Crippen LogP contribution in [0.2, 0.25) is 0 Å². The molecule has 0 radical (unpaired) electrons. The highest BCUT2D eigenvalue weighted by Crippen LogP contribution is 2.42. The van der Waals surface area contributed by atoms with Crippen molar-refractivity contribution < 1.29 is 33.3 Å². The Labute approximate surface area is 226 Å². The van der Waals surface area contributed by atoms with Gasteiger partial charge in [0, 0.05) is 0 Å². The van der Waals surface area contributed by atoms with Crippen LogP contribution >= 0.6 is 0 Å². The number of nitrogens with one attached hydrogen (secondary N) is 1. The number of nitrogens with zero attached hydrogens (tertiary/aromatic N) is 3. The zero-order valence-corrected chi connectivity index (χ0v) is 21.5. The largest absolute Gasteiger partial charge is 0.459 e. The third-order valence-electron chi connectivity index (χ3n) is 6.68. The SMILES string of the molecule is Cc1ccc(C(=O)OC[C@@]2(CO)O[C@@H](n3cnc4c(=O)[nH]c(N)nc43)[C@@H](F)[C@@H]2OC(=O)c2ccc(C)cc2)cc1. The lowest BCUT2D eigenvalue weighted by Crippen LogP contribution is -2.52. The number of aromatic nitrogens is 4. The molecule has 12 nitrogen and oxygen atoms in total. The molecule has 2 aromatic carbocycles. The van der Waals surface area contributed by atoms with Gasteiger partial charge in [0.25, 0.3) is 5.56 Å². The average molecular weight is 552 g/mol. The highest BCUT2D eigenvalue weighted by molar-refractivity contribution is 5.90. The number of halogens is 1.